The average Bonchev–Trinajstić information content (AvgIpc) is 2.97. The summed E-state index contributed by atoms with van der Waals surface area (Å²) in [7, 11) is 4.10. The molecule has 2 aromatic heterocycles. The molecule has 0 amide bonds. The Hall–Kier alpha value is -1.70. The fraction of sp³-hybridized carbons (Fsp3) is 0.600. The zero-order valence-corrected chi connectivity index (χ0v) is 13.2. The number of anilines is 1. The Morgan fingerprint density at radius 3 is 2.86 bits per heavy atom. The summed E-state index contributed by atoms with van der Waals surface area (Å²) in [6, 6.07) is 1.97. The number of aliphatic hydroxyl groups is 1. The molecule has 22 heavy (non-hydrogen) atoms. The molecule has 0 aliphatic carbocycles. The number of nitrogens with zero attached hydrogens (tertiary/aromatic N) is 5. The first-order chi connectivity index (χ1) is 10.6. The van der Waals surface area contributed by atoms with Gasteiger partial charge in [-0.3, -0.25) is 4.90 Å². The van der Waals surface area contributed by atoms with Crippen molar-refractivity contribution in [1.29, 1.82) is 0 Å². The zero-order valence-electron chi connectivity index (χ0n) is 13.2. The molecule has 1 unspecified atom stereocenters. The van der Waals surface area contributed by atoms with Crippen LogP contribution in [0.3, 0.4) is 0 Å². The first-order valence-corrected chi connectivity index (χ1v) is 7.71. The number of aromatic amines is 1. The predicted molar refractivity (Wildman–Crippen MR) is 87.1 cm³/mol. The largest absolute Gasteiger partial charge is 0.390 e. The van der Waals surface area contributed by atoms with E-state index >= 15 is 0 Å². The predicted octanol–water partition coefficient (Wildman–Crippen LogP) is 0.00240. The lowest BCUT2D eigenvalue weighted by atomic mass is 10.2. The summed E-state index contributed by atoms with van der Waals surface area (Å²) in [5.74, 6) is 0.851. The molecule has 1 aliphatic heterocycles. The first-order valence-electron chi connectivity index (χ1n) is 7.71. The molecule has 1 saturated heterocycles. The van der Waals surface area contributed by atoms with Crippen molar-refractivity contribution < 1.29 is 5.11 Å². The van der Waals surface area contributed by atoms with Gasteiger partial charge in [0.2, 0.25) is 0 Å². The number of aliphatic hydroxyl groups excluding tert-OH is 1. The van der Waals surface area contributed by atoms with Gasteiger partial charge in [0, 0.05) is 52.5 Å². The third kappa shape index (κ3) is 3.37. The highest BCUT2D eigenvalue weighted by Crippen LogP contribution is 2.20. The van der Waals surface area contributed by atoms with E-state index in [0.29, 0.717) is 13.1 Å². The maximum absolute atomic E-state index is 10.4. The third-order valence-corrected chi connectivity index (χ3v) is 4.24. The Kier molecular flexibility index (Phi) is 4.56. The van der Waals surface area contributed by atoms with E-state index in [0.717, 1.165) is 43.0 Å². The van der Waals surface area contributed by atoms with Crippen molar-refractivity contribution in [3.05, 3.63) is 18.6 Å². The van der Waals surface area contributed by atoms with E-state index < -0.39 is 6.10 Å². The van der Waals surface area contributed by atoms with Crippen LogP contribution in [0.4, 0.5) is 5.82 Å². The number of hydrogen-bond donors (Lipinski definition) is 2. The summed E-state index contributed by atoms with van der Waals surface area (Å²) >= 11 is 0. The number of β-amino-alcohol motifs (C(OH)–C–C–N with tert-alkyl or cyclic N) is 1. The molecule has 120 valence electrons. The summed E-state index contributed by atoms with van der Waals surface area (Å²) < 4.78 is 0. The lowest BCUT2D eigenvalue weighted by molar-refractivity contribution is 0.0842. The summed E-state index contributed by atoms with van der Waals surface area (Å²) in [6.07, 6.45) is 3.02. The van der Waals surface area contributed by atoms with Crippen LogP contribution in [-0.2, 0) is 0 Å². The van der Waals surface area contributed by atoms with Gasteiger partial charge in [-0.2, -0.15) is 0 Å². The SMILES string of the molecule is CN1CCN(CC(O)CN(C)c2ncnc3[nH]ccc23)CC1. The molecule has 3 heterocycles. The van der Waals surface area contributed by atoms with Crippen LogP contribution in [-0.4, -0.2) is 89.3 Å². The van der Waals surface area contributed by atoms with Crippen molar-refractivity contribution in [2.45, 2.75) is 6.10 Å². The van der Waals surface area contributed by atoms with E-state index in [-0.39, 0.29) is 0 Å². The molecule has 0 saturated carbocycles. The van der Waals surface area contributed by atoms with E-state index in [1.165, 1.54) is 0 Å². The maximum atomic E-state index is 10.4. The minimum absolute atomic E-state index is 0.391. The van der Waals surface area contributed by atoms with Gasteiger partial charge in [-0.25, -0.2) is 9.97 Å². The number of piperazine rings is 1. The van der Waals surface area contributed by atoms with Gasteiger partial charge in [-0.15, -0.1) is 0 Å². The summed E-state index contributed by atoms with van der Waals surface area (Å²) in [6.45, 7) is 5.44. The van der Waals surface area contributed by atoms with Gasteiger partial charge in [-0.05, 0) is 13.1 Å². The second kappa shape index (κ2) is 6.60. The van der Waals surface area contributed by atoms with Crippen LogP contribution in [0, 0.1) is 0 Å². The van der Waals surface area contributed by atoms with Crippen LogP contribution in [0.25, 0.3) is 11.0 Å². The minimum Gasteiger partial charge on any atom is -0.390 e. The molecule has 0 spiro atoms. The van der Waals surface area contributed by atoms with Crippen molar-refractivity contribution in [3.8, 4) is 0 Å². The molecular formula is C15H24N6O. The van der Waals surface area contributed by atoms with E-state index in [1.54, 1.807) is 6.33 Å². The molecule has 2 N–H and O–H groups in total. The number of hydrogen-bond acceptors (Lipinski definition) is 6. The first kappa shape index (κ1) is 15.2. The Balaban J connectivity index is 1.59. The number of fused-ring (bicyclic) bond motifs is 1. The quantitative estimate of drug-likeness (QED) is 0.810. The lowest BCUT2D eigenvalue weighted by Crippen LogP contribution is -2.48. The number of aromatic nitrogens is 3. The fourth-order valence-electron chi connectivity index (χ4n) is 2.95. The van der Waals surface area contributed by atoms with Crippen molar-refractivity contribution in [3.63, 3.8) is 0 Å². The van der Waals surface area contributed by atoms with E-state index in [1.807, 2.05) is 24.2 Å². The molecule has 1 aliphatic rings. The number of H-pyrrole nitrogens is 1. The fourth-order valence-corrected chi connectivity index (χ4v) is 2.95. The second-order valence-electron chi connectivity index (χ2n) is 6.08. The van der Waals surface area contributed by atoms with Gasteiger partial charge >= 0.3 is 0 Å². The van der Waals surface area contributed by atoms with Crippen molar-refractivity contribution >= 4 is 16.9 Å². The van der Waals surface area contributed by atoms with E-state index in [2.05, 4.69) is 31.8 Å². The smallest absolute Gasteiger partial charge is 0.142 e. The van der Waals surface area contributed by atoms with Crippen molar-refractivity contribution in [2.24, 2.45) is 0 Å². The van der Waals surface area contributed by atoms with Crippen LogP contribution < -0.4 is 4.90 Å². The highest BCUT2D eigenvalue weighted by molar-refractivity contribution is 5.87. The molecule has 1 fully saturated rings. The van der Waals surface area contributed by atoms with Crippen molar-refractivity contribution in [1.82, 2.24) is 24.8 Å². The molecule has 1 atom stereocenters. The van der Waals surface area contributed by atoms with Crippen LogP contribution in [0.5, 0.6) is 0 Å². The summed E-state index contributed by atoms with van der Waals surface area (Å²) in [5.41, 5.74) is 0.824. The second-order valence-corrected chi connectivity index (χ2v) is 6.08. The van der Waals surface area contributed by atoms with Gasteiger partial charge in [0.1, 0.15) is 17.8 Å². The summed E-state index contributed by atoms with van der Waals surface area (Å²) in [5, 5.41) is 11.4. The van der Waals surface area contributed by atoms with Crippen LogP contribution in [0.2, 0.25) is 0 Å². The van der Waals surface area contributed by atoms with Gasteiger partial charge < -0.3 is 19.9 Å². The number of likely N-dealkylation sites (N-methyl/N-ethyl adjacent to an activating group) is 2. The molecule has 2 aromatic rings. The Morgan fingerprint density at radius 2 is 2.09 bits per heavy atom. The Bertz CT molecular complexity index is 607. The number of rotatable bonds is 5. The van der Waals surface area contributed by atoms with Crippen molar-refractivity contribution in [2.75, 3.05) is 58.3 Å². The van der Waals surface area contributed by atoms with Gasteiger partial charge in [0.15, 0.2) is 0 Å². The Morgan fingerprint density at radius 1 is 1.32 bits per heavy atom. The highest BCUT2D eigenvalue weighted by atomic mass is 16.3. The molecule has 3 rings (SSSR count). The third-order valence-electron chi connectivity index (χ3n) is 4.24. The maximum Gasteiger partial charge on any atom is 0.142 e. The topological polar surface area (TPSA) is 71.5 Å². The normalized spacial score (nSPS) is 18.7. The summed E-state index contributed by atoms with van der Waals surface area (Å²) in [4.78, 5) is 18.3. The molecular weight excluding hydrogens is 280 g/mol. The van der Waals surface area contributed by atoms with Gasteiger partial charge in [-0.1, -0.05) is 0 Å². The van der Waals surface area contributed by atoms with Crippen LogP contribution in [0.1, 0.15) is 0 Å². The van der Waals surface area contributed by atoms with Crippen LogP contribution >= 0.6 is 0 Å². The van der Waals surface area contributed by atoms with E-state index in [9.17, 15) is 5.11 Å². The molecule has 0 bridgehead atoms. The number of nitrogens with one attached hydrogen (secondary N) is 1. The minimum atomic E-state index is -0.391. The van der Waals surface area contributed by atoms with E-state index in [4.69, 9.17) is 0 Å². The Labute approximate surface area is 130 Å². The molecule has 0 radical (unpaired) electrons. The molecule has 7 heteroatoms. The molecule has 7 nitrogen and oxygen atoms in total. The highest BCUT2D eigenvalue weighted by Gasteiger charge is 2.19. The average molecular weight is 304 g/mol. The van der Waals surface area contributed by atoms with Crippen LogP contribution in [0.15, 0.2) is 18.6 Å². The van der Waals surface area contributed by atoms with Gasteiger partial charge in [0.25, 0.3) is 0 Å². The zero-order chi connectivity index (χ0) is 15.5. The van der Waals surface area contributed by atoms with Gasteiger partial charge in [0.05, 0.1) is 11.5 Å². The lowest BCUT2D eigenvalue weighted by Gasteiger charge is -2.34. The molecule has 0 aromatic carbocycles. The standard InChI is InChI=1S/C15H24N6O/c1-19-5-7-21(8-6-19)10-12(22)9-20(2)15-13-3-4-16-14(13)17-11-18-15/h3-4,11-12,22H,5-10H2,1-2H3,(H,16,17,18). The monoisotopic (exact) mass is 304 g/mol.